The van der Waals surface area contributed by atoms with Crippen LogP contribution < -0.4 is 10.3 Å². The Balaban J connectivity index is 1.41. The van der Waals surface area contributed by atoms with Crippen LogP contribution in [0.5, 0.6) is 0 Å². The minimum Gasteiger partial charge on any atom is -0.274 e. The first kappa shape index (κ1) is 25.8. The zero-order chi connectivity index (χ0) is 29.2. The van der Waals surface area contributed by atoms with Crippen molar-refractivity contribution >= 4 is 46.9 Å². The van der Waals surface area contributed by atoms with Gasteiger partial charge in [-0.25, -0.2) is 10.3 Å². The normalized spacial score (nSPS) is 23.5. The van der Waals surface area contributed by atoms with Gasteiger partial charge in [0.05, 0.1) is 22.2 Å². The zero-order valence-electron chi connectivity index (χ0n) is 21.8. The van der Waals surface area contributed by atoms with Crippen LogP contribution in [0.25, 0.3) is 0 Å². The summed E-state index contributed by atoms with van der Waals surface area (Å²) < 4.78 is 0. The molecule has 206 valence electrons. The highest BCUT2D eigenvalue weighted by Gasteiger charge is 2.68. The Bertz CT molecular complexity index is 1810. The summed E-state index contributed by atoms with van der Waals surface area (Å²) in [7, 11) is 0. The van der Waals surface area contributed by atoms with Crippen LogP contribution in [0.3, 0.4) is 0 Å². The molecule has 0 aromatic heterocycles. The molecule has 4 aromatic rings. The van der Waals surface area contributed by atoms with E-state index in [1.165, 1.54) is 18.2 Å². The summed E-state index contributed by atoms with van der Waals surface area (Å²) in [5, 5.41) is 16.8. The topological polar surface area (TPSA) is 122 Å². The SMILES string of the molecule is O=C(N/N=C\C12c3ccccc3C(c3ccccc31)[C@H]1C(=O)N(c3ccccc3[N+](=O)[O-])C(=O)[C@@H]12)c1ccc(Cl)cc1. The first-order valence-electron chi connectivity index (χ1n) is 13.2. The summed E-state index contributed by atoms with van der Waals surface area (Å²) in [6.45, 7) is 0. The smallest absolute Gasteiger partial charge is 0.274 e. The third-order valence-electron chi connectivity index (χ3n) is 8.54. The number of benzene rings is 4. The number of nitro groups is 1. The second kappa shape index (κ2) is 9.46. The lowest BCUT2D eigenvalue weighted by Gasteiger charge is -2.52. The summed E-state index contributed by atoms with van der Waals surface area (Å²) in [6.07, 6.45) is 1.54. The van der Waals surface area contributed by atoms with E-state index in [1.54, 1.807) is 36.5 Å². The molecule has 1 saturated heterocycles. The third kappa shape index (κ3) is 3.50. The monoisotopic (exact) mass is 576 g/mol. The predicted octanol–water partition coefficient (Wildman–Crippen LogP) is 5.21. The summed E-state index contributed by atoms with van der Waals surface area (Å²) in [6, 6.07) is 27.3. The van der Waals surface area contributed by atoms with Crippen LogP contribution in [0.15, 0.2) is 102 Å². The maximum absolute atomic E-state index is 14.4. The summed E-state index contributed by atoms with van der Waals surface area (Å²) >= 11 is 5.96. The predicted molar refractivity (Wildman–Crippen MR) is 155 cm³/mol. The zero-order valence-corrected chi connectivity index (χ0v) is 22.6. The van der Waals surface area contributed by atoms with E-state index in [4.69, 9.17) is 11.6 Å². The van der Waals surface area contributed by atoms with E-state index in [0.717, 1.165) is 27.2 Å². The van der Waals surface area contributed by atoms with E-state index in [-0.39, 0.29) is 11.4 Å². The van der Waals surface area contributed by atoms with Crippen LogP contribution in [-0.4, -0.2) is 28.9 Å². The largest absolute Gasteiger partial charge is 0.293 e. The Labute approximate surface area is 244 Å². The first-order chi connectivity index (χ1) is 20.3. The second-order valence-electron chi connectivity index (χ2n) is 10.5. The molecule has 1 fully saturated rings. The average Bonchev–Trinajstić information content (AvgIpc) is 3.28. The van der Waals surface area contributed by atoms with Gasteiger partial charge in [0.25, 0.3) is 11.6 Å². The molecule has 2 bridgehead atoms. The minimum absolute atomic E-state index is 0.0671. The molecule has 0 spiro atoms. The van der Waals surface area contributed by atoms with E-state index >= 15 is 0 Å². The standard InChI is InChI=1S/C32H21ClN4O5/c33-19-15-13-18(14-16-19)29(38)35-34-17-32-22-9-3-1-7-20(22)26(21-8-2-4-10-23(21)32)27-28(32)31(40)36(30(27)39)24-11-5-6-12-25(24)37(41)42/h1-17,26-28H,(H,35,38)/b34-17-/t26?,27-,28-,32?/m1/s1. The number of hydrogen-bond acceptors (Lipinski definition) is 6. The summed E-state index contributed by atoms with van der Waals surface area (Å²) in [5.74, 6) is -3.75. The third-order valence-corrected chi connectivity index (χ3v) is 8.80. The van der Waals surface area contributed by atoms with Gasteiger partial charge in [0, 0.05) is 28.8 Å². The van der Waals surface area contributed by atoms with Gasteiger partial charge in [0.1, 0.15) is 5.69 Å². The number of hydrazone groups is 1. The quantitative estimate of drug-likeness (QED) is 0.151. The number of para-hydroxylation sites is 2. The molecule has 9 nitrogen and oxygen atoms in total. The molecule has 4 aliphatic rings. The number of nitrogens with zero attached hydrogens (tertiary/aromatic N) is 3. The molecular formula is C32H21ClN4O5. The fraction of sp³-hybridized carbons (Fsp3) is 0.125. The lowest BCUT2D eigenvalue weighted by Crippen LogP contribution is -2.54. The lowest BCUT2D eigenvalue weighted by molar-refractivity contribution is -0.384. The summed E-state index contributed by atoms with van der Waals surface area (Å²) in [4.78, 5) is 53.8. The Hall–Kier alpha value is -5.15. The van der Waals surface area contributed by atoms with Crippen molar-refractivity contribution in [2.75, 3.05) is 4.90 Å². The fourth-order valence-electron chi connectivity index (χ4n) is 6.95. The number of halogens is 1. The van der Waals surface area contributed by atoms with Crippen molar-refractivity contribution in [3.05, 3.63) is 140 Å². The molecule has 10 heteroatoms. The number of nitrogens with one attached hydrogen (secondary N) is 1. The van der Waals surface area contributed by atoms with Crippen molar-refractivity contribution < 1.29 is 19.3 Å². The van der Waals surface area contributed by atoms with Gasteiger partial charge in [-0.3, -0.25) is 24.5 Å². The highest BCUT2D eigenvalue weighted by atomic mass is 35.5. The molecule has 2 atom stereocenters. The van der Waals surface area contributed by atoms with Crippen molar-refractivity contribution in [2.45, 2.75) is 11.3 Å². The first-order valence-corrected chi connectivity index (χ1v) is 13.6. The van der Waals surface area contributed by atoms with Crippen molar-refractivity contribution in [3.8, 4) is 0 Å². The number of amides is 3. The molecule has 1 aliphatic heterocycles. The van der Waals surface area contributed by atoms with Crippen molar-refractivity contribution in [2.24, 2.45) is 16.9 Å². The molecule has 0 saturated carbocycles. The Kier molecular flexibility index (Phi) is 5.81. The molecular weight excluding hydrogens is 556 g/mol. The van der Waals surface area contributed by atoms with Crippen LogP contribution >= 0.6 is 11.6 Å². The maximum atomic E-state index is 14.4. The number of hydrogen-bond donors (Lipinski definition) is 1. The molecule has 8 rings (SSSR count). The van der Waals surface area contributed by atoms with Crippen LogP contribution in [-0.2, 0) is 15.0 Å². The lowest BCUT2D eigenvalue weighted by atomic mass is 9.47. The average molecular weight is 577 g/mol. The minimum atomic E-state index is -1.23. The molecule has 0 radical (unpaired) electrons. The van der Waals surface area contributed by atoms with Crippen molar-refractivity contribution in [3.63, 3.8) is 0 Å². The number of carbonyl (C=O) groups excluding carboxylic acids is 3. The van der Waals surface area contributed by atoms with Crippen LogP contribution in [0.2, 0.25) is 5.02 Å². The number of nitro benzene ring substituents is 1. The Morgan fingerprint density at radius 3 is 2.12 bits per heavy atom. The van der Waals surface area contributed by atoms with Gasteiger partial charge >= 0.3 is 0 Å². The van der Waals surface area contributed by atoms with Crippen molar-refractivity contribution in [1.82, 2.24) is 5.43 Å². The van der Waals surface area contributed by atoms with Gasteiger partial charge in [0.15, 0.2) is 0 Å². The number of rotatable bonds is 5. The molecule has 3 aliphatic carbocycles. The van der Waals surface area contributed by atoms with E-state index in [9.17, 15) is 24.5 Å². The van der Waals surface area contributed by atoms with Gasteiger partial charge < -0.3 is 0 Å². The van der Waals surface area contributed by atoms with Crippen LogP contribution in [0.4, 0.5) is 11.4 Å². The van der Waals surface area contributed by atoms with Gasteiger partial charge in [-0.05, 0) is 52.6 Å². The highest BCUT2D eigenvalue weighted by molar-refractivity contribution is 6.30. The maximum Gasteiger partial charge on any atom is 0.293 e. The Morgan fingerprint density at radius 1 is 0.881 bits per heavy atom. The number of imide groups is 1. The second-order valence-corrected chi connectivity index (χ2v) is 10.9. The molecule has 4 aromatic carbocycles. The van der Waals surface area contributed by atoms with E-state index < -0.39 is 45.8 Å². The van der Waals surface area contributed by atoms with Crippen LogP contribution in [0, 0.1) is 22.0 Å². The van der Waals surface area contributed by atoms with Gasteiger partial charge in [0.2, 0.25) is 11.8 Å². The fourth-order valence-corrected chi connectivity index (χ4v) is 7.08. The van der Waals surface area contributed by atoms with Gasteiger partial charge in [-0.15, -0.1) is 0 Å². The molecule has 1 N–H and O–H groups in total. The highest BCUT2D eigenvalue weighted by Crippen LogP contribution is 2.63. The van der Waals surface area contributed by atoms with E-state index in [2.05, 4.69) is 10.5 Å². The number of carbonyl (C=O) groups is 3. The van der Waals surface area contributed by atoms with Gasteiger partial charge in [-0.2, -0.15) is 5.10 Å². The van der Waals surface area contributed by atoms with E-state index in [1.807, 2.05) is 48.5 Å². The number of anilines is 1. The summed E-state index contributed by atoms with van der Waals surface area (Å²) in [5.41, 5.74) is 4.61. The van der Waals surface area contributed by atoms with E-state index in [0.29, 0.717) is 10.6 Å². The Morgan fingerprint density at radius 2 is 1.48 bits per heavy atom. The molecule has 0 unspecified atom stereocenters. The molecule has 3 amide bonds. The molecule has 1 heterocycles. The molecule has 42 heavy (non-hydrogen) atoms. The van der Waals surface area contributed by atoms with Crippen LogP contribution in [0.1, 0.15) is 38.5 Å². The van der Waals surface area contributed by atoms with Gasteiger partial charge in [-0.1, -0.05) is 72.3 Å². The van der Waals surface area contributed by atoms with Crippen molar-refractivity contribution in [1.29, 1.82) is 0 Å².